The third-order valence-electron chi connectivity index (χ3n) is 5.56. The van der Waals surface area contributed by atoms with Crippen LogP contribution in [0, 0.1) is 6.92 Å². The Morgan fingerprint density at radius 1 is 1.16 bits per heavy atom. The maximum atomic E-state index is 15.0. The Bertz CT molecular complexity index is 1090. The standard InChI is InChI=1S/C25H29F2N3O2/c1-16-14-18(30(28)24(3,4)5)10-11-19(16)23(32)29-13-12-25(26,27)21(15-17(2)31)20-8-6-7-9-22(20)29/h6-11,14-15H,12-13,28H2,1-5H3/b21-15-. The van der Waals surface area contributed by atoms with Gasteiger partial charge >= 0.3 is 0 Å². The molecule has 0 bridgehead atoms. The number of fused-ring (bicyclic) bond motifs is 1. The summed E-state index contributed by atoms with van der Waals surface area (Å²) in [6.45, 7) is 8.78. The fraction of sp³-hybridized carbons (Fsp3) is 0.360. The summed E-state index contributed by atoms with van der Waals surface area (Å²) in [7, 11) is 0. The monoisotopic (exact) mass is 441 g/mol. The summed E-state index contributed by atoms with van der Waals surface area (Å²) in [6, 6.07) is 11.7. The molecule has 1 heterocycles. The molecular weight excluding hydrogens is 412 g/mol. The first-order chi connectivity index (χ1) is 14.8. The number of amides is 1. The average Bonchev–Trinajstić information content (AvgIpc) is 2.80. The van der Waals surface area contributed by atoms with E-state index in [4.69, 9.17) is 5.84 Å². The number of rotatable bonds is 3. The fourth-order valence-corrected chi connectivity index (χ4v) is 3.81. The van der Waals surface area contributed by atoms with Gasteiger partial charge in [0, 0.05) is 35.2 Å². The Labute approximate surface area is 187 Å². The second-order valence-corrected chi connectivity index (χ2v) is 9.14. The molecule has 170 valence electrons. The van der Waals surface area contributed by atoms with E-state index in [1.807, 2.05) is 26.8 Å². The number of anilines is 2. The van der Waals surface area contributed by atoms with Crippen LogP contribution in [0.25, 0.3) is 5.57 Å². The molecule has 1 amide bonds. The average molecular weight is 442 g/mol. The van der Waals surface area contributed by atoms with Crippen molar-refractivity contribution in [2.45, 2.75) is 52.5 Å². The highest BCUT2D eigenvalue weighted by Gasteiger charge is 2.41. The Morgan fingerprint density at radius 2 is 1.81 bits per heavy atom. The number of nitrogens with zero attached hydrogens (tertiary/aromatic N) is 2. The summed E-state index contributed by atoms with van der Waals surface area (Å²) >= 11 is 0. The van der Waals surface area contributed by atoms with Crippen LogP contribution in [0.2, 0.25) is 0 Å². The molecule has 2 aromatic rings. The highest BCUT2D eigenvalue weighted by molar-refractivity contribution is 6.10. The normalized spacial score (nSPS) is 17.0. The summed E-state index contributed by atoms with van der Waals surface area (Å²) in [5, 5.41) is 1.62. The number of benzene rings is 2. The molecule has 7 heteroatoms. The minimum atomic E-state index is -3.23. The van der Waals surface area contributed by atoms with Crippen molar-refractivity contribution >= 4 is 28.6 Å². The van der Waals surface area contributed by atoms with Gasteiger partial charge in [-0.2, -0.15) is 0 Å². The number of carbonyl (C=O) groups excluding carboxylic acids is 2. The molecule has 0 radical (unpaired) electrons. The molecule has 32 heavy (non-hydrogen) atoms. The van der Waals surface area contributed by atoms with Crippen LogP contribution in [-0.4, -0.2) is 29.7 Å². The lowest BCUT2D eigenvalue weighted by Gasteiger charge is -2.33. The molecular formula is C25H29F2N3O2. The van der Waals surface area contributed by atoms with Crippen LogP contribution < -0.4 is 15.8 Å². The summed E-state index contributed by atoms with van der Waals surface area (Å²) in [6.07, 6.45) is 0.388. The Balaban J connectivity index is 2.06. The van der Waals surface area contributed by atoms with E-state index in [0.29, 0.717) is 16.8 Å². The molecule has 2 aromatic carbocycles. The van der Waals surface area contributed by atoms with Crippen molar-refractivity contribution in [1.29, 1.82) is 0 Å². The van der Waals surface area contributed by atoms with E-state index in [0.717, 1.165) is 11.8 Å². The van der Waals surface area contributed by atoms with Crippen LogP contribution in [0.1, 0.15) is 55.6 Å². The lowest BCUT2D eigenvalue weighted by atomic mass is 9.96. The van der Waals surface area contributed by atoms with Crippen molar-refractivity contribution < 1.29 is 18.4 Å². The predicted molar refractivity (Wildman–Crippen MR) is 124 cm³/mol. The van der Waals surface area contributed by atoms with Crippen molar-refractivity contribution in [2.75, 3.05) is 16.5 Å². The van der Waals surface area contributed by atoms with Gasteiger partial charge in [-0.3, -0.25) is 9.59 Å². The quantitative estimate of drug-likeness (QED) is 0.407. The van der Waals surface area contributed by atoms with Crippen molar-refractivity contribution in [2.24, 2.45) is 5.84 Å². The smallest absolute Gasteiger partial charge is 0.275 e. The van der Waals surface area contributed by atoms with Gasteiger partial charge in [-0.15, -0.1) is 0 Å². The second-order valence-electron chi connectivity index (χ2n) is 9.14. The number of para-hydroxylation sites is 1. The number of hydrogen-bond acceptors (Lipinski definition) is 4. The van der Waals surface area contributed by atoms with Gasteiger partial charge in [0.15, 0.2) is 5.78 Å². The van der Waals surface area contributed by atoms with Crippen LogP contribution in [0.3, 0.4) is 0 Å². The van der Waals surface area contributed by atoms with E-state index >= 15 is 0 Å². The molecule has 1 aliphatic rings. The lowest BCUT2D eigenvalue weighted by molar-refractivity contribution is -0.112. The Kier molecular flexibility index (Phi) is 6.24. The van der Waals surface area contributed by atoms with Crippen molar-refractivity contribution in [3.05, 3.63) is 65.2 Å². The van der Waals surface area contributed by atoms with E-state index in [1.54, 1.807) is 42.3 Å². The highest BCUT2D eigenvalue weighted by atomic mass is 19.3. The molecule has 0 aliphatic carbocycles. The number of nitrogens with two attached hydrogens (primary N) is 1. The van der Waals surface area contributed by atoms with Crippen molar-refractivity contribution in [3.8, 4) is 0 Å². The number of allylic oxidation sites excluding steroid dienone is 2. The zero-order valence-electron chi connectivity index (χ0n) is 19.1. The van der Waals surface area contributed by atoms with Gasteiger partial charge in [-0.25, -0.2) is 14.6 Å². The van der Waals surface area contributed by atoms with Crippen LogP contribution in [-0.2, 0) is 4.79 Å². The third kappa shape index (κ3) is 4.58. The Morgan fingerprint density at radius 3 is 2.41 bits per heavy atom. The van der Waals surface area contributed by atoms with Gasteiger partial charge < -0.3 is 9.91 Å². The summed E-state index contributed by atoms with van der Waals surface area (Å²) < 4.78 is 29.9. The first-order valence-electron chi connectivity index (χ1n) is 10.5. The Hall–Kier alpha value is -3.06. The van der Waals surface area contributed by atoms with Crippen LogP contribution in [0.4, 0.5) is 20.2 Å². The maximum absolute atomic E-state index is 15.0. The topological polar surface area (TPSA) is 66.6 Å². The minimum Gasteiger partial charge on any atom is -0.308 e. The molecule has 0 aromatic heterocycles. The van der Waals surface area contributed by atoms with E-state index in [-0.39, 0.29) is 29.1 Å². The van der Waals surface area contributed by atoms with E-state index < -0.39 is 18.1 Å². The lowest BCUT2D eigenvalue weighted by Crippen LogP contribution is -2.47. The fourth-order valence-electron chi connectivity index (χ4n) is 3.81. The van der Waals surface area contributed by atoms with Crippen LogP contribution >= 0.6 is 0 Å². The molecule has 2 N–H and O–H groups in total. The number of ketones is 1. The summed E-state index contributed by atoms with van der Waals surface area (Å²) in [4.78, 5) is 26.5. The number of carbonyl (C=O) groups is 2. The van der Waals surface area contributed by atoms with E-state index in [2.05, 4.69) is 0 Å². The van der Waals surface area contributed by atoms with Crippen molar-refractivity contribution in [1.82, 2.24) is 0 Å². The van der Waals surface area contributed by atoms with Crippen LogP contribution in [0.15, 0.2) is 48.5 Å². The molecule has 3 rings (SSSR count). The number of aryl methyl sites for hydroxylation is 1. The largest absolute Gasteiger partial charge is 0.308 e. The SMILES string of the molecule is CC(=O)/C=C1/c2ccccc2N(C(=O)c2ccc(N(N)C(C)(C)C)cc2C)CCC1(F)F. The van der Waals surface area contributed by atoms with Gasteiger partial charge in [0.25, 0.3) is 11.8 Å². The van der Waals surface area contributed by atoms with Gasteiger partial charge in [-0.05, 0) is 70.5 Å². The van der Waals surface area contributed by atoms with E-state index in [1.165, 1.54) is 17.9 Å². The van der Waals surface area contributed by atoms with Crippen molar-refractivity contribution in [3.63, 3.8) is 0 Å². The third-order valence-corrected chi connectivity index (χ3v) is 5.56. The number of halogens is 2. The zero-order chi connectivity index (χ0) is 23.8. The molecule has 0 spiro atoms. The minimum absolute atomic E-state index is 0.176. The molecule has 0 saturated carbocycles. The molecule has 1 aliphatic heterocycles. The zero-order valence-corrected chi connectivity index (χ0v) is 19.1. The van der Waals surface area contributed by atoms with Crippen LogP contribution in [0.5, 0.6) is 0 Å². The number of hydrazine groups is 1. The first-order valence-corrected chi connectivity index (χ1v) is 10.5. The first kappa shape index (κ1) is 23.6. The summed E-state index contributed by atoms with van der Waals surface area (Å²) in [5.41, 5.74) is 1.74. The summed E-state index contributed by atoms with van der Waals surface area (Å²) in [5.74, 6) is 2.12. The molecule has 0 saturated heterocycles. The maximum Gasteiger partial charge on any atom is 0.275 e. The van der Waals surface area contributed by atoms with E-state index in [9.17, 15) is 18.4 Å². The number of alkyl halides is 2. The molecule has 0 atom stereocenters. The van der Waals surface area contributed by atoms with Gasteiger partial charge in [0.2, 0.25) is 0 Å². The predicted octanol–water partition coefficient (Wildman–Crippen LogP) is 5.13. The number of hydrogen-bond donors (Lipinski definition) is 1. The molecule has 0 unspecified atom stereocenters. The molecule has 0 fully saturated rings. The van der Waals surface area contributed by atoms with Gasteiger partial charge in [0.1, 0.15) is 0 Å². The highest BCUT2D eigenvalue weighted by Crippen LogP contribution is 2.43. The second kappa shape index (κ2) is 8.47. The van der Waals surface area contributed by atoms with Gasteiger partial charge in [0.05, 0.1) is 11.4 Å². The van der Waals surface area contributed by atoms with Gasteiger partial charge in [-0.1, -0.05) is 18.2 Å². The molecule has 5 nitrogen and oxygen atoms in total.